The van der Waals surface area contributed by atoms with Crippen molar-refractivity contribution in [2.75, 3.05) is 39.8 Å². The molecule has 1 aromatic rings. The number of nitrogens with zero attached hydrogens (tertiary/aromatic N) is 3. The van der Waals surface area contributed by atoms with E-state index >= 15 is 0 Å². The fraction of sp³-hybridized carbons (Fsp3) is 0.533. The highest BCUT2D eigenvalue weighted by atomic mass is 16.1. The van der Waals surface area contributed by atoms with Gasteiger partial charge in [0.1, 0.15) is 0 Å². The summed E-state index contributed by atoms with van der Waals surface area (Å²) in [7, 11) is 2.18. The van der Waals surface area contributed by atoms with Crippen molar-refractivity contribution in [3.8, 4) is 0 Å². The number of carbonyl (C=O) groups excluding carboxylic acids is 1. The van der Waals surface area contributed by atoms with E-state index in [0.29, 0.717) is 6.54 Å². The number of piperazine rings is 1. The number of benzene rings is 1. The van der Waals surface area contributed by atoms with Gasteiger partial charge in [0, 0.05) is 32.7 Å². The predicted octanol–water partition coefficient (Wildman–Crippen LogP) is 1.31. The molecule has 19 heavy (non-hydrogen) atoms. The molecule has 1 aliphatic heterocycles. The van der Waals surface area contributed by atoms with E-state index in [1.807, 2.05) is 12.1 Å². The van der Waals surface area contributed by atoms with E-state index in [1.54, 1.807) is 6.08 Å². The van der Waals surface area contributed by atoms with E-state index in [9.17, 15) is 4.79 Å². The van der Waals surface area contributed by atoms with Crippen LogP contribution in [0.15, 0.2) is 29.3 Å². The Kier molecular flexibility index (Phi) is 5.28. The number of isocyanates is 1. The Morgan fingerprint density at radius 1 is 1.11 bits per heavy atom. The van der Waals surface area contributed by atoms with Gasteiger partial charge < -0.3 is 9.80 Å². The lowest BCUT2D eigenvalue weighted by molar-refractivity contribution is 0.155. The number of aliphatic imine (C=N–C) groups is 1. The minimum absolute atomic E-state index is 0.433. The molecule has 4 heteroatoms. The van der Waals surface area contributed by atoms with Gasteiger partial charge in [-0.05, 0) is 24.6 Å². The lowest BCUT2D eigenvalue weighted by Crippen LogP contribution is -2.45. The maximum Gasteiger partial charge on any atom is 0.235 e. The second kappa shape index (κ2) is 7.19. The molecule has 0 aromatic heterocycles. The van der Waals surface area contributed by atoms with E-state index in [-0.39, 0.29) is 0 Å². The molecule has 0 aliphatic carbocycles. The monoisotopic (exact) mass is 259 g/mol. The molecule has 1 aliphatic rings. The normalized spacial score (nSPS) is 17.1. The number of hydrogen-bond donors (Lipinski definition) is 0. The van der Waals surface area contributed by atoms with E-state index in [4.69, 9.17) is 0 Å². The summed E-state index contributed by atoms with van der Waals surface area (Å²) in [4.78, 5) is 18.5. The van der Waals surface area contributed by atoms with E-state index < -0.39 is 0 Å². The minimum Gasteiger partial charge on any atom is -0.304 e. The Labute approximate surface area is 114 Å². The molecule has 0 bridgehead atoms. The largest absolute Gasteiger partial charge is 0.304 e. The first-order valence-corrected chi connectivity index (χ1v) is 6.80. The first-order chi connectivity index (χ1) is 9.28. The molecule has 2 rings (SSSR count). The predicted molar refractivity (Wildman–Crippen MR) is 75.9 cm³/mol. The van der Waals surface area contributed by atoms with Crippen molar-refractivity contribution < 1.29 is 4.79 Å². The Balaban J connectivity index is 1.78. The molecule has 0 spiro atoms. The first-order valence-electron chi connectivity index (χ1n) is 6.80. The van der Waals surface area contributed by atoms with Gasteiger partial charge in [-0.25, -0.2) is 9.79 Å². The van der Waals surface area contributed by atoms with Gasteiger partial charge in [-0.15, -0.1) is 0 Å². The Bertz CT molecular complexity index is 429. The molecule has 102 valence electrons. The topological polar surface area (TPSA) is 35.9 Å². The smallest absolute Gasteiger partial charge is 0.235 e. The summed E-state index contributed by atoms with van der Waals surface area (Å²) >= 11 is 0. The molecule has 0 amide bonds. The summed E-state index contributed by atoms with van der Waals surface area (Å²) in [6, 6.07) is 8.35. The van der Waals surface area contributed by atoms with Gasteiger partial charge in [-0.3, -0.25) is 0 Å². The van der Waals surface area contributed by atoms with E-state index in [2.05, 4.69) is 34.0 Å². The summed E-state index contributed by atoms with van der Waals surface area (Å²) in [5.41, 5.74) is 2.41. The lowest BCUT2D eigenvalue weighted by atomic mass is 10.1. The molecular formula is C15H21N3O. The zero-order valence-electron chi connectivity index (χ0n) is 11.5. The molecule has 0 atom stereocenters. The Hall–Kier alpha value is -1.48. The van der Waals surface area contributed by atoms with Crippen molar-refractivity contribution in [2.45, 2.75) is 13.0 Å². The van der Waals surface area contributed by atoms with Crippen LogP contribution in [0.3, 0.4) is 0 Å². The second-order valence-electron chi connectivity index (χ2n) is 5.12. The van der Waals surface area contributed by atoms with Crippen molar-refractivity contribution in [3.05, 3.63) is 35.4 Å². The minimum atomic E-state index is 0.433. The molecule has 0 saturated carbocycles. The van der Waals surface area contributed by atoms with Crippen LogP contribution < -0.4 is 0 Å². The molecule has 4 nitrogen and oxygen atoms in total. The highest BCUT2D eigenvalue weighted by Gasteiger charge is 2.12. The summed E-state index contributed by atoms with van der Waals surface area (Å²) in [6.45, 7) is 6.23. The van der Waals surface area contributed by atoms with E-state index in [1.165, 1.54) is 31.7 Å². The molecule has 1 fully saturated rings. The van der Waals surface area contributed by atoms with Gasteiger partial charge in [0.25, 0.3) is 0 Å². The van der Waals surface area contributed by atoms with Crippen molar-refractivity contribution in [2.24, 2.45) is 4.99 Å². The van der Waals surface area contributed by atoms with Crippen LogP contribution in [-0.2, 0) is 17.8 Å². The van der Waals surface area contributed by atoms with Crippen LogP contribution in [0.2, 0.25) is 0 Å². The average Bonchev–Trinajstić information content (AvgIpc) is 2.46. The third-order valence-electron chi connectivity index (χ3n) is 3.66. The zero-order valence-corrected chi connectivity index (χ0v) is 11.5. The quantitative estimate of drug-likeness (QED) is 0.591. The van der Waals surface area contributed by atoms with Gasteiger partial charge in [-0.2, -0.15) is 0 Å². The van der Waals surface area contributed by atoms with Crippen LogP contribution in [-0.4, -0.2) is 55.7 Å². The van der Waals surface area contributed by atoms with Gasteiger partial charge in [0.05, 0.1) is 6.54 Å². The zero-order chi connectivity index (χ0) is 13.5. The van der Waals surface area contributed by atoms with Crippen LogP contribution >= 0.6 is 0 Å². The maximum atomic E-state index is 10.0. The van der Waals surface area contributed by atoms with Crippen molar-refractivity contribution >= 4 is 6.08 Å². The second-order valence-corrected chi connectivity index (χ2v) is 5.12. The Morgan fingerprint density at radius 2 is 1.74 bits per heavy atom. The van der Waals surface area contributed by atoms with Crippen molar-refractivity contribution in [1.29, 1.82) is 0 Å². The molecular weight excluding hydrogens is 238 g/mol. The molecule has 0 radical (unpaired) electrons. The SMILES string of the molecule is CN1CCN(CCc2ccc(CN=C=O)cc2)CC1. The fourth-order valence-electron chi connectivity index (χ4n) is 2.29. The van der Waals surface area contributed by atoms with Gasteiger partial charge >= 0.3 is 0 Å². The molecule has 1 heterocycles. The summed E-state index contributed by atoms with van der Waals surface area (Å²) in [5, 5.41) is 0. The van der Waals surface area contributed by atoms with Crippen LogP contribution in [0.1, 0.15) is 11.1 Å². The maximum absolute atomic E-state index is 10.0. The van der Waals surface area contributed by atoms with Crippen molar-refractivity contribution in [3.63, 3.8) is 0 Å². The van der Waals surface area contributed by atoms with Gasteiger partial charge in [0.2, 0.25) is 6.08 Å². The van der Waals surface area contributed by atoms with Crippen LogP contribution in [0, 0.1) is 0 Å². The Morgan fingerprint density at radius 3 is 2.37 bits per heavy atom. The fourth-order valence-corrected chi connectivity index (χ4v) is 2.29. The summed E-state index contributed by atoms with van der Waals surface area (Å²) in [6.07, 6.45) is 2.65. The van der Waals surface area contributed by atoms with Crippen LogP contribution in [0.5, 0.6) is 0 Å². The number of hydrogen-bond acceptors (Lipinski definition) is 4. The highest BCUT2D eigenvalue weighted by molar-refractivity contribution is 5.34. The molecule has 0 unspecified atom stereocenters. The van der Waals surface area contributed by atoms with Gasteiger partial charge in [0.15, 0.2) is 0 Å². The number of rotatable bonds is 5. The summed E-state index contributed by atoms with van der Waals surface area (Å²) < 4.78 is 0. The first kappa shape index (κ1) is 13.9. The molecule has 1 aromatic carbocycles. The lowest BCUT2D eigenvalue weighted by Gasteiger charge is -2.32. The third kappa shape index (κ3) is 4.60. The van der Waals surface area contributed by atoms with Crippen LogP contribution in [0.4, 0.5) is 0 Å². The van der Waals surface area contributed by atoms with Gasteiger partial charge in [-0.1, -0.05) is 24.3 Å². The average molecular weight is 259 g/mol. The summed E-state index contributed by atoms with van der Waals surface area (Å²) in [5.74, 6) is 0. The standard InChI is InChI=1S/C15H21N3O/c1-17-8-10-18(11-9-17)7-6-14-2-4-15(5-3-14)12-16-13-19/h2-5H,6-12H2,1H3. The third-order valence-corrected chi connectivity index (χ3v) is 3.66. The van der Waals surface area contributed by atoms with E-state index in [0.717, 1.165) is 18.5 Å². The highest BCUT2D eigenvalue weighted by Crippen LogP contribution is 2.08. The molecule has 0 N–H and O–H groups in total. The van der Waals surface area contributed by atoms with Crippen LogP contribution in [0.25, 0.3) is 0 Å². The number of likely N-dealkylation sites (N-methyl/N-ethyl adjacent to an activating group) is 1. The van der Waals surface area contributed by atoms with Crippen molar-refractivity contribution in [1.82, 2.24) is 9.80 Å². The molecule has 1 saturated heterocycles.